The summed E-state index contributed by atoms with van der Waals surface area (Å²) < 4.78 is 0. The lowest BCUT2D eigenvalue weighted by molar-refractivity contribution is -0.134. The highest BCUT2D eigenvalue weighted by Crippen LogP contribution is 2.22. The Hall–Kier alpha value is -2.28. The molecule has 2 aromatic rings. The number of hydrogen-bond donors (Lipinski definition) is 1. The summed E-state index contributed by atoms with van der Waals surface area (Å²) in [6.45, 7) is 1.10. The smallest absolute Gasteiger partial charge is 0.228 e. The van der Waals surface area contributed by atoms with Gasteiger partial charge in [-0.15, -0.1) is 11.3 Å². The average Bonchev–Trinajstić information content (AvgIpc) is 3.04. The molecule has 0 saturated carbocycles. The Balaban J connectivity index is 1.64. The number of thiazole rings is 1. The SMILES string of the molecule is NC(=O)C1CCCN(C(=O)Cc2csc(-c3ccccn3)n2)C1. The number of carbonyl (C=O) groups is 2. The Kier molecular flexibility index (Phi) is 4.66. The number of amides is 2. The fraction of sp³-hybridized carbons (Fsp3) is 0.375. The molecule has 1 aliphatic rings. The molecular formula is C16H18N4O2S. The number of aromatic nitrogens is 2. The number of nitrogens with zero attached hydrogens (tertiary/aromatic N) is 3. The van der Waals surface area contributed by atoms with Crippen LogP contribution in [-0.2, 0) is 16.0 Å². The van der Waals surface area contributed by atoms with Crippen LogP contribution >= 0.6 is 11.3 Å². The number of rotatable bonds is 4. The summed E-state index contributed by atoms with van der Waals surface area (Å²) in [5.74, 6) is -0.561. The highest BCUT2D eigenvalue weighted by molar-refractivity contribution is 7.13. The molecule has 1 saturated heterocycles. The normalized spacial score (nSPS) is 17.9. The molecule has 0 spiro atoms. The van der Waals surface area contributed by atoms with Gasteiger partial charge in [-0.2, -0.15) is 0 Å². The van der Waals surface area contributed by atoms with E-state index < -0.39 is 0 Å². The van der Waals surface area contributed by atoms with E-state index in [1.54, 1.807) is 11.1 Å². The molecule has 120 valence electrons. The summed E-state index contributed by atoms with van der Waals surface area (Å²) in [6.07, 6.45) is 3.54. The maximum absolute atomic E-state index is 12.4. The molecule has 7 heteroatoms. The fourth-order valence-electron chi connectivity index (χ4n) is 2.70. The van der Waals surface area contributed by atoms with E-state index in [2.05, 4.69) is 9.97 Å². The van der Waals surface area contributed by atoms with E-state index in [4.69, 9.17) is 5.73 Å². The first-order valence-electron chi connectivity index (χ1n) is 7.56. The second-order valence-corrected chi connectivity index (χ2v) is 6.48. The maximum atomic E-state index is 12.4. The Morgan fingerprint density at radius 3 is 3.00 bits per heavy atom. The number of nitrogens with two attached hydrogens (primary N) is 1. The molecule has 2 aromatic heterocycles. The van der Waals surface area contributed by atoms with Gasteiger partial charge in [0.1, 0.15) is 5.01 Å². The standard InChI is InChI=1S/C16H18N4O2S/c17-15(22)11-4-3-7-20(9-11)14(21)8-12-10-23-16(19-12)13-5-1-2-6-18-13/h1-2,5-6,10-11H,3-4,7-9H2,(H2,17,22). The predicted molar refractivity (Wildman–Crippen MR) is 87.5 cm³/mol. The van der Waals surface area contributed by atoms with E-state index in [9.17, 15) is 9.59 Å². The zero-order chi connectivity index (χ0) is 16.2. The van der Waals surface area contributed by atoms with Gasteiger partial charge in [0.15, 0.2) is 0 Å². The van der Waals surface area contributed by atoms with Gasteiger partial charge >= 0.3 is 0 Å². The molecule has 0 aromatic carbocycles. The largest absolute Gasteiger partial charge is 0.369 e. The van der Waals surface area contributed by atoms with E-state index in [-0.39, 0.29) is 24.2 Å². The quantitative estimate of drug-likeness (QED) is 0.919. The highest BCUT2D eigenvalue weighted by atomic mass is 32.1. The summed E-state index contributed by atoms with van der Waals surface area (Å²) in [4.78, 5) is 34.2. The van der Waals surface area contributed by atoms with Crippen molar-refractivity contribution in [2.75, 3.05) is 13.1 Å². The minimum Gasteiger partial charge on any atom is -0.369 e. The van der Waals surface area contributed by atoms with Gasteiger partial charge in [-0.1, -0.05) is 6.07 Å². The lowest BCUT2D eigenvalue weighted by Crippen LogP contribution is -2.44. The molecule has 1 fully saturated rings. The molecule has 1 unspecified atom stereocenters. The lowest BCUT2D eigenvalue weighted by Gasteiger charge is -2.31. The Labute approximate surface area is 138 Å². The molecular weight excluding hydrogens is 312 g/mol. The maximum Gasteiger partial charge on any atom is 0.228 e. The van der Waals surface area contributed by atoms with Gasteiger partial charge in [-0.3, -0.25) is 14.6 Å². The second-order valence-electron chi connectivity index (χ2n) is 5.62. The topological polar surface area (TPSA) is 89.2 Å². The van der Waals surface area contributed by atoms with E-state index in [1.807, 2.05) is 23.6 Å². The molecule has 2 N–H and O–H groups in total. The van der Waals surface area contributed by atoms with Crippen LogP contribution in [0.5, 0.6) is 0 Å². The van der Waals surface area contributed by atoms with Crippen molar-refractivity contribution < 1.29 is 9.59 Å². The third-order valence-corrected chi connectivity index (χ3v) is 4.86. The summed E-state index contributed by atoms with van der Waals surface area (Å²) in [7, 11) is 0. The summed E-state index contributed by atoms with van der Waals surface area (Å²) in [6, 6.07) is 5.66. The monoisotopic (exact) mass is 330 g/mol. The zero-order valence-electron chi connectivity index (χ0n) is 12.6. The Bertz CT molecular complexity index is 701. The van der Waals surface area contributed by atoms with Gasteiger partial charge in [0.25, 0.3) is 0 Å². The Morgan fingerprint density at radius 1 is 1.39 bits per heavy atom. The first-order chi connectivity index (χ1) is 11.1. The van der Waals surface area contributed by atoms with Crippen LogP contribution in [0.1, 0.15) is 18.5 Å². The third kappa shape index (κ3) is 3.73. The van der Waals surface area contributed by atoms with Crippen LogP contribution in [0.15, 0.2) is 29.8 Å². The van der Waals surface area contributed by atoms with Gasteiger partial charge < -0.3 is 10.6 Å². The van der Waals surface area contributed by atoms with Crippen molar-refractivity contribution in [2.45, 2.75) is 19.3 Å². The van der Waals surface area contributed by atoms with E-state index in [0.29, 0.717) is 13.1 Å². The van der Waals surface area contributed by atoms with Crippen molar-refractivity contribution in [3.63, 3.8) is 0 Å². The molecule has 0 bridgehead atoms. The summed E-state index contributed by atoms with van der Waals surface area (Å²) in [5, 5.41) is 2.69. The van der Waals surface area contributed by atoms with Crippen LogP contribution in [0, 0.1) is 5.92 Å². The molecule has 0 radical (unpaired) electrons. The van der Waals surface area contributed by atoms with Crippen molar-refractivity contribution in [1.82, 2.24) is 14.9 Å². The number of piperidine rings is 1. The third-order valence-electron chi connectivity index (χ3n) is 3.94. The minimum atomic E-state index is -0.325. The van der Waals surface area contributed by atoms with Crippen molar-refractivity contribution in [3.8, 4) is 10.7 Å². The fourth-order valence-corrected chi connectivity index (χ4v) is 3.49. The molecule has 3 heterocycles. The number of likely N-dealkylation sites (tertiary alicyclic amines) is 1. The van der Waals surface area contributed by atoms with Crippen LogP contribution in [-0.4, -0.2) is 39.8 Å². The number of pyridine rings is 1. The summed E-state index contributed by atoms with van der Waals surface area (Å²) in [5.41, 5.74) is 6.90. The highest BCUT2D eigenvalue weighted by Gasteiger charge is 2.27. The molecule has 1 aliphatic heterocycles. The molecule has 0 aliphatic carbocycles. The van der Waals surface area contributed by atoms with E-state index in [1.165, 1.54) is 11.3 Å². The van der Waals surface area contributed by atoms with E-state index in [0.717, 1.165) is 29.2 Å². The van der Waals surface area contributed by atoms with Crippen LogP contribution in [0.3, 0.4) is 0 Å². The van der Waals surface area contributed by atoms with Gasteiger partial charge in [-0.25, -0.2) is 4.98 Å². The average molecular weight is 330 g/mol. The molecule has 1 atom stereocenters. The van der Waals surface area contributed by atoms with Crippen molar-refractivity contribution >= 4 is 23.2 Å². The van der Waals surface area contributed by atoms with Crippen molar-refractivity contribution in [1.29, 1.82) is 0 Å². The van der Waals surface area contributed by atoms with Crippen molar-refractivity contribution in [2.24, 2.45) is 11.7 Å². The van der Waals surface area contributed by atoms with Crippen molar-refractivity contribution in [3.05, 3.63) is 35.5 Å². The van der Waals surface area contributed by atoms with E-state index >= 15 is 0 Å². The first-order valence-corrected chi connectivity index (χ1v) is 8.44. The minimum absolute atomic E-state index is 0.00572. The van der Waals surface area contributed by atoms with Gasteiger partial charge in [0, 0.05) is 24.7 Å². The van der Waals surface area contributed by atoms with Crippen LogP contribution in [0.25, 0.3) is 10.7 Å². The molecule has 6 nitrogen and oxygen atoms in total. The molecule has 2 amide bonds. The zero-order valence-corrected chi connectivity index (χ0v) is 13.5. The molecule has 3 rings (SSSR count). The van der Waals surface area contributed by atoms with Crippen LogP contribution in [0.4, 0.5) is 0 Å². The molecule has 23 heavy (non-hydrogen) atoms. The lowest BCUT2D eigenvalue weighted by atomic mass is 9.97. The van der Waals surface area contributed by atoms with Crippen LogP contribution in [0.2, 0.25) is 0 Å². The number of primary amides is 1. The Morgan fingerprint density at radius 2 is 2.26 bits per heavy atom. The predicted octanol–water partition coefficient (Wildman–Crippen LogP) is 1.47. The van der Waals surface area contributed by atoms with Gasteiger partial charge in [-0.05, 0) is 25.0 Å². The first kappa shape index (κ1) is 15.6. The number of carbonyl (C=O) groups excluding carboxylic acids is 2. The number of hydrogen-bond acceptors (Lipinski definition) is 5. The van der Waals surface area contributed by atoms with Crippen LogP contribution < -0.4 is 5.73 Å². The second kappa shape index (κ2) is 6.87. The summed E-state index contributed by atoms with van der Waals surface area (Å²) >= 11 is 1.48. The van der Waals surface area contributed by atoms with Gasteiger partial charge in [0.05, 0.1) is 23.7 Å². The van der Waals surface area contributed by atoms with Gasteiger partial charge in [0.2, 0.25) is 11.8 Å².